The Labute approximate surface area is 125 Å². The van der Waals surface area contributed by atoms with Gasteiger partial charge in [-0.3, -0.25) is 14.6 Å². The van der Waals surface area contributed by atoms with Gasteiger partial charge < -0.3 is 0 Å². The molecule has 1 N–H and O–H groups in total. The number of aryl methyl sites for hydroxylation is 1. The minimum Gasteiger partial charge on any atom is -0.289 e. The maximum Gasteiger partial charge on any atom is 0.196 e. The van der Waals surface area contributed by atoms with Crippen LogP contribution in [0.25, 0.3) is 11.5 Å². The molecule has 0 radical (unpaired) electrons. The average Bonchev–Trinajstić information content (AvgIpc) is 3.05. The van der Waals surface area contributed by atoms with E-state index in [9.17, 15) is 0 Å². The monoisotopic (exact) mass is 303 g/mol. The van der Waals surface area contributed by atoms with Crippen LogP contribution >= 0.6 is 23.6 Å². The number of hydrogen-bond acceptors (Lipinski definition) is 5. The smallest absolute Gasteiger partial charge is 0.196 e. The second kappa shape index (κ2) is 5.26. The van der Waals surface area contributed by atoms with E-state index in [4.69, 9.17) is 12.2 Å². The number of aromatic nitrogens is 5. The number of rotatable bonds is 3. The molecule has 3 aromatic rings. The largest absolute Gasteiger partial charge is 0.289 e. The Morgan fingerprint density at radius 1 is 1.40 bits per heavy atom. The highest BCUT2D eigenvalue weighted by molar-refractivity contribution is 7.71. The van der Waals surface area contributed by atoms with E-state index < -0.39 is 0 Å². The molecule has 0 saturated heterocycles. The molecule has 0 aliphatic carbocycles. The molecular weight excluding hydrogens is 290 g/mol. The first kappa shape index (κ1) is 13.1. The Morgan fingerprint density at radius 3 is 2.90 bits per heavy atom. The molecule has 3 rings (SSSR count). The van der Waals surface area contributed by atoms with E-state index in [2.05, 4.69) is 27.1 Å². The maximum absolute atomic E-state index is 5.35. The van der Waals surface area contributed by atoms with Crippen molar-refractivity contribution in [1.29, 1.82) is 0 Å². The standard InChI is InChI=1S/C13H13N5S2/c1-8-7-20-12(15-8)9(2)18-11(16-17-13(18)19)10-5-3-4-6-14-10/h3-7,9H,1-2H3,(H,17,19). The zero-order chi connectivity index (χ0) is 14.1. The van der Waals surface area contributed by atoms with Crippen molar-refractivity contribution in [2.24, 2.45) is 0 Å². The first-order chi connectivity index (χ1) is 9.66. The lowest BCUT2D eigenvalue weighted by Gasteiger charge is -2.12. The second-order valence-corrected chi connectivity index (χ2v) is 5.72. The molecule has 1 atom stereocenters. The number of nitrogens with one attached hydrogen (secondary N) is 1. The molecular formula is C13H13N5S2. The molecule has 3 aromatic heterocycles. The number of thiazole rings is 1. The van der Waals surface area contributed by atoms with E-state index in [1.165, 1.54) is 0 Å². The molecule has 1 unspecified atom stereocenters. The van der Waals surface area contributed by atoms with Crippen LogP contribution in [0.5, 0.6) is 0 Å². The topological polar surface area (TPSA) is 59.4 Å². The van der Waals surface area contributed by atoms with Crippen molar-refractivity contribution >= 4 is 23.6 Å². The number of pyridine rings is 1. The number of aromatic amines is 1. The fourth-order valence-corrected chi connectivity index (χ4v) is 3.15. The van der Waals surface area contributed by atoms with E-state index in [-0.39, 0.29) is 6.04 Å². The van der Waals surface area contributed by atoms with Crippen molar-refractivity contribution in [3.05, 3.63) is 45.2 Å². The summed E-state index contributed by atoms with van der Waals surface area (Å²) in [6, 6.07) is 5.75. The van der Waals surface area contributed by atoms with E-state index in [0.717, 1.165) is 22.2 Å². The summed E-state index contributed by atoms with van der Waals surface area (Å²) in [6.45, 7) is 4.05. The van der Waals surface area contributed by atoms with Crippen LogP contribution in [-0.4, -0.2) is 24.7 Å². The van der Waals surface area contributed by atoms with Gasteiger partial charge in [0.25, 0.3) is 0 Å². The van der Waals surface area contributed by atoms with Gasteiger partial charge in [0.05, 0.1) is 6.04 Å². The predicted molar refractivity (Wildman–Crippen MR) is 81.3 cm³/mol. The van der Waals surface area contributed by atoms with E-state index in [1.807, 2.05) is 35.1 Å². The van der Waals surface area contributed by atoms with Crippen molar-refractivity contribution in [1.82, 2.24) is 24.7 Å². The quantitative estimate of drug-likeness (QED) is 0.754. The first-order valence-corrected chi connectivity index (χ1v) is 7.46. The molecule has 0 spiro atoms. The van der Waals surface area contributed by atoms with Crippen molar-refractivity contribution in [2.45, 2.75) is 19.9 Å². The highest BCUT2D eigenvalue weighted by atomic mass is 32.1. The van der Waals surface area contributed by atoms with Gasteiger partial charge in [-0.1, -0.05) is 6.07 Å². The van der Waals surface area contributed by atoms with Crippen molar-refractivity contribution in [2.75, 3.05) is 0 Å². The van der Waals surface area contributed by atoms with Crippen LogP contribution in [-0.2, 0) is 0 Å². The Kier molecular flexibility index (Phi) is 3.45. The molecule has 3 heterocycles. The van der Waals surface area contributed by atoms with Gasteiger partial charge in [0.1, 0.15) is 10.7 Å². The fraction of sp³-hybridized carbons (Fsp3) is 0.231. The van der Waals surface area contributed by atoms with Crippen molar-refractivity contribution in [3.63, 3.8) is 0 Å². The lowest BCUT2D eigenvalue weighted by molar-refractivity contribution is 0.628. The van der Waals surface area contributed by atoms with E-state index in [1.54, 1.807) is 17.5 Å². The van der Waals surface area contributed by atoms with Crippen LogP contribution in [0.1, 0.15) is 23.7 Å². The van der Waals surface area contributed by atoms with Gasteiger partial charge >= 0.3 is 0 Å². The summed E-state index contributed by atoms with van der Waals surface area (Å²) >= 11 is 6.98. The minimum atomic E-state index is 0.0250. The Morgan fingerprint density at radius 2 is 2.25 bits per heavy atom. The Balaban J connectivity index is 2.10. The van der Waals surface area contributed by atoms with Gasteiger partial charge in [-0.05, 0) is 38.2 Å². The molecule has 0 bridgehead atoms. The lowest BCUT2D eigenvalue weighted by atomic mass is 10.3. The Hall–Kier alpha value is -1.86. The zero-order valence-corrected chi connectivity index (χ0v) is 12.7. The van der Waals surface area contributed by atoms with Gasteiger partial charge in [-0.2, -0.15) is 5.10 Å². The highest BCUT2D eigenvalue weighted by Crippen LogP contribution is 2.26. The van der Waals surface area contributed by atoms with E-state index in [0.29, 0.717) is 4.77 Å². The third-order valence-corrected chi connectivity index (χ3v) is 4.40. The molecule has 0 amide bonds. The number of hydrogen-bond donors (Lipinski definition) is 1. The predicted octanol–water partition coefficient (Wildman–Crippen LogP) is 3.38. The lowest BCUT2D eigenvalue weighted by Crippen LogP contribution is -2.09. The molecule has 0 fully saturated rings. The van der Waals surface area contributed by atoms with Crippen LogP contribution in [0.3, 0.4) is 0 Å². The number of nitrogens with zero attached hydrogens (tertiary/aromatic N) is 4. The third kappa shape index (κ3) is 2.30. The molecule has 20 heavy (non-hydrogen) atoms. The average molecular weight is 303 g/mol. The van der Waals surface area contributed by atoms with Gasteiger partial charge in [0.2, 0.25) is 0 Å². The summed E-state index contributed by atoms with van der Waals surface area (Å²) in [7, 11) is 0. The van der Waals surface area contributed by atoms with Crippen LogP contribution in [0.2, 0.25) is 0 Å². The summed E-state index contributed by atoms with van der Waals surface area (Å²) in [5, 5.41) is 10.2. The maximum atomic E-state index is 5.35. The molecule has 0 aromatic carbocycles. The molecule has 0 aliphatic rings. The summed E-state index contributed by atoms with van der Waals surface area (Å²) in [6.07, 6.45) is 1.75. The fourth-order valence-electron chi connectivity index (χ4n) is 2.01. The SMILES string of the molecule is Cc1csc(C(C)n2c(-c3ccccn3)n[nH]c2=S)n1. The summed E-state index contributed by atoms with van der Waals surface area (Å²) in [5.74, 6) is 0.732. The second-order valence-electron chi connectivity index (χ2n) is 4.44. The summed E-state index contributed by atoms with van der Waals surface area (Å²) in [4.78, 5) is 8.87. The number of H-pyrrole nitrogens is 1. The zero-order valence-electron chi connectivity index (χ0n) is 11.1. The van der Waals surface area contributed by atoms with Crippen LogP contribution in [0.15, 0.2) is 29.8 Å². The molecule has 102 valence electrons. The van der Waals surface area contributed by atoms with Gasteiger partial charge in [0.15, 0.2) is 10.6 Å². The third-order valence-electron chi connectivity index (χ3n) is 2.98. The summed E-state index contributed by atoms with van der Waals surface area (Å²) in [5.41, 5.74) is 1.81. The Bertz CT molecular complexity index is 771. The summed E-state index contributed by atoms with van der Waals surface area (Å²) < 4.78 is 2.53. The molecule has 5 nitrogen and oxygen atoms in total. The van der Waals surface area contributed by atoms with Gasteiger partial charge in [-0.15, -0.1) is 11.3 Å². The first-order valence-electron chi connectivity index (χ1n) is 6.17. The normalized spacial score (nSPS) is 12.5. The molecule has 0 aliphatic heterocycles. The van der Waals surface area contributed by atoms with E-state index >= 15 is 0 Å². The highest BCUT2D eigenvalue weighted by Gasteiger charge is 2.18. The van der Waals surface area contributed by atoms with Crippen molar-refractivity contribution < 1.29 is 0 Å². The van der Waals surface area contributed by atoms with Crippen LogP contribution < -0.4 is 0 Å². The minimum absolute atomic E-state index is 0.0250. The van der Waals surface area contributed by atoms with Gasteiger partial charge in [0, 0.05) is 17.3 Å². The van der Waals surface area contributed by atoms with Crippen molar-refractivity contribution in [3.8, 4) is 11.5 Å². The van der Waals surface area contributed by atoms with Crippen LogP contribution in [0, 0.1) is 11.7 Å². The molecule has 7 heteroatoms. The molecule has 0 saturated carbocycles. The van der Waals surface area contributed by atoms with Crippen LogP contribution in [0.4, 0.5) is 0 Å². The van der Waals surface area contributed by atoms with Gasteiger partial charge in [-0.25, -0.2) is 4.98 Å².